The molecule has 0 fully saturated rings. The molecule has 80 valence electrons. The Morgan fingerprint density at radius 2 is 2.21 bits per heavy atom. The minimum absolute atomic E-state index is 0. The molecule has 14 heavy (non-hydrogen) atoms. The third-order valence-corrected chi connectivity index (χ3v) is 1.32. The quantitative estimate of drug-likeness (QED) is 0.831. The molecule has 0 radical (unpaired) electrons. The van der Waals surface area contributed by atoms with Gasteiger partial charge in [0.1, 0.15) is 0 Å². The standard InChI is InChI=1S/C8H11N3O.2ClH/c9-4-3-8(12)11-7-2-1-5-10-6-7;;/h1-2,5-6H,3-4,9H2,(H,11,12);2*1H. The molecule has 1 aromatic heterocycles. The molecule has 0 bridgehead atoms. The molecule has 3 N–H and O–H groups in total. The monoisotopic (exact) mass is 237 g/mol. The zero-order chi connectivity index (χ0) is 8.81. The van der Waals surface area contributed by atoms with Gasteiger partial charge in [-0.2, -0.15) is 0 Å². The van der Waals surface area contributed by atoms with E-state index in [1.54, 1.807) is 24.5 Å². The van der Waals surface area contributed by atoms with E-state index in [0.717, 1.165) is 0 Å². The van der Waals surface area contributed by atoms with Crippen LogP contribution in [0.4, 0.5) is 5.69 Å². The second-order valence-electron chi connectivity index (χ2n) is 2.33. The summed E-state index contributed by atoms with van der Waals surface area (Å²) in [6, 6.07) is 3.54. The highest BCUT2D eigenvalue weighted by molar-refractivity contribution is 5.90. The fourth-order valence-electron chi connectivity index (χ4n) is 0.791. The van der Waals surface area contributed by atoms with Gasteiger partial charge < -0.3 is 11.1 Å². The number of aromatic nitrogens is 1. The van der Waals surface area contributed by atoms with E-state index in [9.17, 15) is 4.79 Å². The van der Waals surface area contributed by atoms with E-state index in [-0.39, 0.29) is 30.7 Å². The fraction of sp³-hybridized carbons (Fsp3) is 0.250. The van der Waals surface area contributed by atoms with Crippen LogP contribution in [0.5, 0.6) is 0 Å². The van der Waals surface area contributed by atoms with Crippen LogP contribution in [0.2, 0.25) is 0 Å². The van der Waals surface area contributed by atoms with Gasteiger partial charge in [-0.05, 0) is 12.1 Å². The Hall–Kier alpha value is -0.840. The maximum absolute atomic E-state index is 11.0. The predicted molar refractivity (Wildman–Crippen MR) is 61.0 cm³/mol. The third-order valence-electron chi connectivity index (χ3n) is 1.32. The maximum atomic E-state index is 11.0. The summed E-state index contributed by atoms with van der Waals surface area (Å²) in [5.74, 6) is -0.0782. The molecular weight excluding hydrogens is 225 g/mol. The number of pyridine rings is 1. The number of halogens is 2. The number of hydrogen-bond acceptors (Lipinski definition) is 3. The molecule has 4 nitrogen and oxygen atoms in total. The van der Waals surface area contributed by atoms with Gasteiger partial charge in [-0.25, -0.2) is 0 Å². The first kappa shape index (κ1) is 15.6. The van der Waals surface area contributed by atoms with E-state index in [1.165, 1.54) is 0 Å². The molecule has 1 amide bonds. The molecule has 0 saturated carbocycles. The van der Waals surface area contributed by atoms with Crippen molar-refractivity contribution in [1.82, 2.24) is 4.98 Å². The molecule has 0 aliphatic carbocycles. The lowest BCUT2D eigenvalue weighted by Gasteiger charge is -2.01. The zero-order valence-electron chi connectivity index (χ0n) is 7.47. The number of nitrogens with one attached hydrogen (secondary N) is 1. The SMILES string of the molecule is Cl.Cl.NCCC(=O)Nc1cccnc1. The minimum Gasteiger partial charge on any atom is -0.330 e. The first-order valence-corrected chi connectivity index (χ1v) is 3.73. The van der Waals surface area contributed by atoms with Crippen LogP contribution >= 0.6 is 24.8 Å². The molecule has 0 saturated heterocycles. The zero-order valence-corrected chi connectivity index (χ0v) is 9.11. The first-order valence-electron chi connectivity index (χ1n) is 3.73. The van der Waals surface area contributed by atoms with Gasteiger partial charge in [-0.1, -0.05) is 0 Å². The number of rotatable bonds is 3. The van der Waals surface area contributed by atoms with E-state index in [0.29, 0.717) is 18.7 Å². The normalized spacial score (nSPS) is 8.07. The topological polar surface area (TPSA) is 68.0 Å². The van der Waals surface area contributed by atoms with Crippen molar-refractivity contribution in [2.24, 2.45) is 5.73 Å². The van der Waals surface area contributed by atoms with Crippen LogP contribution in [0.3, 0.4) is 0 Å². The average Bonchev–Trinajstić information content (AvgIpc) is 2.06. The Morgan fingerprint density at radius 3 is 2.71 bits per heavy atom. The number of nitrogens with two attached hydrogens (primary N) is 1. The third kappa shape index (κ3) is 5.75. The van der Waals surface area contributed by atoms with Crippen LogP contribution in [-0.2, 0) is 4.79 Å². The van der Waals surface area contributed by atoms with Gasteiger partial charge in [-0.3, -0.25) is 9.78 Å². The molecule has 0 unspecified atom stereocenters. The average molecular weight is 238 g/mol. The van der Waals surface area contributed by atoms with Crippen LogP contribution in [0.1, 0.15) is 6.42 Å². The van der Waals surface area contributed by atoms with Crippen LogP contribution in [0.15, 0.2) is 24.5 Å². The lowest BCUT2D eigenvalue weighted by Crippen LogP contribution is -2.16. The van der Waals surface area contributed by atoms with E-state index in [4.69, 9.17) is 5.73 Å². The highest BCUT2D eigenvalue weighted by atomic mass is 35.5. The summed E-state index contributed by atoms with van der Waals surface area (Å²) in [6.07, 6.45) is 3.59. The highest BCUT2D eigenvalue weighted by Gasteiger charge is 1.98. The van der Waals surface area contributed by atoms with Gasteiger partial charge in [-0.15, -0.1) is 24.8 Å². The Labute approximate surface area is 95.1 Å². The largest absolute Gasteiger partial charge is 0.330 e. The Morgan fingerprint density at radius 1 is 1.50 bits per heavy atom. The molecule has 1 aromatic rings. The Kier molecular flexibility index (Phi) is 9.76. The van der Waals surface area contributed by atoms with Crippen LogP contribution in [0, 0.1) is 0 Å². The minimum atomic E-state index is -0.0782. The smallest absolute Gasteiger partial charge is 0.225 e. The number of amides is 1. The van der Waals surface area contributed by atoms with Crippen molar-refractivity contribution in [3.05, 3.63) is 24.5 Å². The Bertz CT molecular complexity index is 256. The van der Waals surface area contributed by atoms with E-state index in [2.05, 4.69) is 10.3 Å². The second kappa shape index (κ2) is 8.74. The molecule has 0 aromatic carbocycles. The Balaban J connectivity index is 0. The molecule has 1 rings (SSSR count). The van der Waals surface area contributed by atoms with Crippen molar-refractivity contribution in [3.8, 4) is 0 Å². The predicted octanol–water partition coefficient (Wildman–Crippen LogP) is 1.21. The van der Waals surface area contributed by atoms with Crippen molar-refractivity contribution in [2.75, 3.05) is 11.9 Å². The maximum Gasteiger partial charge on any atom is 0.225 e. The molecule has 0 aliphatic rings. The molecule has 0 aliphatic heterocycles. The summed E-state index contributed by atoms with van der Waals surface area (Å²) in [4.78, 5) is 14.8. The van der Waals surface area contributed by atoms with E-state index >= 15 is 0 Å². The van der Waals surface area contributed by atoms with E-state index in [1.807, 2.05) is 0 Å². The summed E-state index contributed by atoms with van der Waals surface area (Å²) >= 11 is 0. The second-order valence-corrected chi connectivity index (χ2v) is 2.33. The molecule has 0 atom stereocenters. The highest BCUT2D eigenvalue weighted by Crippen LogP contribution is 2.02. The summed E-state index contributed by atoms with van der Waals surface area (Å²) in [5, 5.41) is 2.66. The van der Waals surface area contributed by atoms with Gasteiger partial charge in [0.25, 0.3) is 0 Å². The summed E-state index contributed by atoms with van der Waals surface area (Å²) < 4.78 is 0. The lowest BCUT2D eigenvalue weighted by molar-refractivity contribution is -0.116. The van der Waals surface area contributed by atoms with E-state index < -0.39 is 0 Å². The van der Waals surface area contributed by atoms with Gasteiger partial charge in [0.05, 0.1) is 11.9 Å². The molecule has 6 heteroatoms. The molecular formula is C8H13Cl2N3O. The fourth-order valence-corrected chi connectivity index (χ4v) is 0.791. The van der Waals surface area contributed by atoms with Crippen LogP contribution in [-0.4, -0.2) is 17.4 Å². The summed E-state index contributed by atoms with van der Waals surface area (Å²) in [5.41, 5.74) is 5.91. The van der Waals surface area contributed by atoms with Gasteiger partial charge >= 0.3 is 0 Å². The van der Waals surface area contributed by atoms with Crippen molar-refractivity contribution in [2.45, 2.75) is 6.42 Å². The molecule has 1 heterocycles. The van der Waals surface area contributed by atoms with Crippen molar-refractivity contribution in [3.63, 3.8) is 0 Å². The van der Waals surface area contributed by atoms with Crippen molar-refractivity contribution >= 4 is 36.4 Å². The van der Waals surface area contributed by atoms with Gasteiger partial charge in [0.2, 0.25) is 5.91 Å². The van der Waals surface area contributed by atoms with Crippen molar-refractivity contribution < 1.29 is 4.79 Å². The number of nitrogens with zero attached hydrogens (tertiary/aromatic N) is 1. The number of hydrogen-bond donors (Lipinski definition) is 2. The van der Waals surface area contributed by atoms with Crippen LogP contribution < -0.4 is 11.1 Å². The number of carbonyl (C=O) groups is 1. The summed E-state index contributed by atoms with van der Waals surface area (Å²) in [6.45, 7) is 0.367. The van der Waals surface area contributed by atoms with Crippen LogP contribution in [0.25, 0.3) is 0 Å². The van der Waals surface area contributed by atoms with Gasteiger partial charge in [0, 0.05) is 19.2 Å². The lowest BCUT2D eigenvalue weighted by atomic mass is 10.3. The van der Waals surface area contributed by atoms with Gasteiger partial charge in [0.15, 0.2) is 0 Å². The summed E-state index contributed by atoms with van der Waals surface area (Å²) in [7, 11) is 0. The first-order chi connectivity index (χ1) is 5.83. The molecule has 0 spiro atoms. The number of anilines is 1. The number of carbonyl (C=O) groups excluding carboxylic acids is 1. The van der Waals surface area contributed by atoms with Crippen molar-refractivity contribution in [1.29, 1.82) is 0 Å².